The van der Waals surface area contributed by atoms with Crippen molar-refractivity contribution >= 4 is 23.9 Å². The predicted octanol–water partition coefficient (Wildman–Crippen LogP) is 3.73. The lowest BCUT2D eigenvalue weighted by Gasteiger charge is -2.15. The molecule has 31 heavy (non-hydrogen) atoms. The molecule has 0 fully saturated rings. The fourth-order valence-corrected chi connectivity index (χ4v) is 3.04. The molecule has 0 heterocycles. The number of carboxylic acids is 1. The van der Waals surface area contributed by atoms with Crippen molar-refractivity contribution in [2.24, 2.45) is 10.8 Å². The first-order valence-corrected chi connectivity index (χ1v) is 9.43. The van der Waals surface area contributed by atoms with E-state index in [1.165, 1.54) is 6.07 Å². The molecule has 1 amide bonds. The first-order valence-electron chi connectivity index (χ1n) is 9.43. The Labute approximate surface area is 177 Å². The van der Waals surface area contributed by atoms with Crippen LogP contribution >= 0.6 is 0 Å². The van der Waals surface area contributed by atoms with Crippen LogP contribution in [0, 0.1) is 0 Å². The molecule has 7 nitrogen and oxygen atoms in total. The molecule has 1 atom stereocenters. The van der Waals surface area contributed by atoms with Gasteiger partial charge in [0, 0.05) is 12.1 Å². The number of carbonyl (C=O) groups is 2. The van der Waals surface area contributed by atoms with Crippen LogP contribution in [0.15, 0.2) is 47.5 Å². The van der Waals surface area contributed by atoms with Crippen LogP contribution in [0.5, 0.6) is 0 Å². The van der Waals surface area contributed by atoms with E-state index in [1.54, 1.807) is 18.2 Å². The van der Waals surface area contributed by atoms with Crippen LogP contribution in [0.2, 0.25) is 0 Å². The number of hydrazine groups is 1. The number of hydrogen-bond donors (Lipinski definition) is 4. The lowest BCUT2D eigenvalue weighted by Crippen LogP contribution is -2.23. The van der Waals surface area contributed by atoms with E-state index in [-0.39, 0.29) is 30.1 Å². The Morgan fingerprint density at radius 3 is 2.58 bits per heavy atom. The first kappa shape index (κ1) is 23.9. The minimum absolute atomic E-state index is 0.0164. The number of carboxylic acid groups (broad SMARTS) is 1. The lowest BCUT2D eigenvalue weighted by atomic mass is 9.92. The average molecular weight is 436 g/mol. The summed E-state index contributed by atoms with van der Waals surface area (Å²) in [5, 5.41) is 11.6. The minimum Gasteiger partial charge on any atom is -0.481 e. The fraction of sp³-hybridized carbons (Fsp3) is 0.286. The van der Waals surface area contributed by atoms with E-state index in [4.69, 9.17) is 10.9 Å². The number of aliphatic carboxylic acids is 1. The molecule has 10 heteroatoms. The van der Waals surface area contributed by atoms with Gasteiger partial charge >= 0.3 is 12.1 Å². The van der Waals surface area contributed by atoms with Gasteiger partial charge in [0.2, 0.25) is 0 Å². The summed E-state index contributed by atoms with van der Waals surface area (Å²) in [6, 6.07) is 9.86. The number of halogens is 3. The number of aliphatic imine (C=N–C) groups is 1. The van der Waals surface area contributed by atoms with Crippen molar-refractivity contribution in [3.05, 3.63) is 64.7 Å². The number of nitrogens with two attached hydrogens (primary N) is 1. The zero-order valence-corrected chi connectivity index (χ0v) is 16.7. The molecule has 0 saturated heterocycles. The van der Waals surface area contributed by atoms with Gasteiger partial charge in [0.05, 0.1) is 17.7 Å². The van der Waals surface area contributed by atoms with Gasteiger partial charge in [-0.1, -0.05) is 31.2 Å². The number of amides is 1. The van der Waals surface area contributed by atoms with E-state index >= 15 is 0 Å². The summed E-state index contributed by atoms with van der Waals surface area (Å²) >= 11 is 0. The topological polar surface area (TPSA) is 117 Å². The third-order valence-corrected chi connectivity index (χ3v) is 4.58. The Hall–Kier alpha value is -3.40. The molecule has 2 rings (SSSR count). The average Bonchev–Trinajstić information content (AvgIpc) is 2.73. The van der Waals surface area contributed by atoms with Crippen LogP contribution in [-0.4, -0.2) is 23.3 Å². The molecule has 0 aliphatic rings. The first-order chi connectivity index (χ1) is 14.6. The van der Waals surface area contributed by atoms with Gasteiger partial charge in [-0.2, -0.15) is 13.2 Å². The molecule has 2 aromatic carbocycles. The third-order valence-electron chi connectivity index (χ3n) is 4.58. The smallest absolute Gasteiger partial charge is 0.416 e. The highest BCUT2D eigenvalue weighted by atomic mass is 19.4. The maximum absolute atomic E-state index is 13.2. The highest BCUT2D eigenvalue weighted by Crippen LogP contribution is 2.32. The maximum atomic E-state index is 13.2. The van der Waals surface area contributed by atoms with Crippen molar-refractivity contribution in [1.82, 2.24) is 10.7 Å². The zero-order chi connectivity index (χ0) is 23.0. The predicted molar refractivity (Wildman–Crippen MR) is 110 cm³/mol. The second-order valence-electron chi connectivity index (χ2n) is 6.82. The van der Waals surface area contributed by atoms with Crippen molar-refractivity contribution in [2.45, 2.75) is 38.4 Å². The molecular weight excluding hydrogens is 413 g/mol. The number of rotatable bonds is 9. The quantitative estimate of drug-likeness (QED) is 0.207. The maximum Gasteiger partial charge on any atom is 0.416 e. The molecule has 5 N–H and O–H groups in total. The van der Waals surface area contributed by atoms with Gasteiger partial charge < -0.3 is 15.8 Å². The second-order valence-corrected chi connectivity index (χ2v) is 6.82. The highest BCUT2D eigenvalue weighted by molar-refractivity contribution is 5.95. The molecule has 166 valence electrons. The van der Waals surface area contributed by atoms with E-state index in [2.05, 4.69) is 15.7 Å². The van der Waals surface area contributed by atoms with Gasteiger partial charge in [-0.15, -0.1) is 0 Å². The SMILES string of the molecule is CCC(CC(=O)O)c1cccc(CNC(=O)c2cc(N=CNN)cc(C(F)(F)F)c2)c1. The number of carbonyl (C=O) groups excluding carboxylic acids is 1. The van der Waals surface area contributed by atoms with Crippen LogP contribution in [0.25, 0.3) is 0 Å². The van der Waals surface area contributed by atoms with Gasteiger partial charge in [0.25, 0.3) is 5.91 Å². The number of nitrogens with one attached hydrogen (secondary N) is 2. The largest absolute Gasteiger partial charge is 0.481 e. The van der Waals surface area contributed by atoms with Gasteiger partial charge in [-0.25, -0.2) is 10.8 Å². The summed E-state index contributed by atoms with van der Waals surface area (Å²) in [5.74, 6) is 3.27. The number of benzene rings is 2. The van der Waals surface area contributed by atoms with Gasteiger partial charge in [0.15, 0.2) is 0 Å². The Morgan fingerprint density at radius 1 is 1.23 bits per heavy atom. The van der Waals surface area contributed by atoms with Crippen molar-refractivity contribution in [3.63, 3.8) is 0 Å². The normalized spacial score (nSPS) is 12.5. The van der Waals surface area contributed by atoms with E-state index in [1.807, 2.05) is 13.0 Å². The molecule has 2 aromatic rings. The molecule has 1 unspecified atom stereocenters. The molecule has 0 spiro atoms. The molecule has 0 aromatic heterocycles. The standard InChI is InChI=1S/C21H23F3N4O3/c1-2-14(9-19(29)30)15-5-3-4-13(6-15)11-26-20(31)16-7-17(21(22,23)24)10-18(8-16)27-12-28-25/h3-8,10,12,14H,2,9,11,25H2,1H3,(H,26,31)(H,27,28)(H,29,30). The number of hydrogen-bond acceptors (Lipinski definition) is 4. The summed E-state index contributed by atoms with van der Waals surface area (Å²) in [7, 11) is 0. The van der Waals surface area contributed by atoms with Gasteiger partial charge in [-0.05, 0) is 41.7 Å². The zero-order valence-electron chi connectivity index (χ0n) is 16.7. The monoisotopic (exact) mass is 436 g/mol. The minimum atomic E-state index is -4.65. The van der Waals surface area contributed by atoms with E-state index < -0.39 is 23.6 Å². The van der Waals surface area contributed by atoms with Crippen LogP contribution in [0.4, 0.5) is 18.9 Å². The van der Waals surface area contributed by atoms with Crippen molar-refractivity contribution in [3.8, 4) is 0 Å². The second kappa shape index (κ2) is 10.6. The Kier molecular flexibility index (Phi) is 8.14. The fourth-order valence-electron chi connectivity index (χ4n) is 3.04. The van der Waals surface area contributed by atoms with E-state index in [9.17, 15) is 22.8 Å². The molecule has 0 radical (unpaired) electrons. The van der Waals surface area contributed by atoms with Crippen LogP contribution in [-0.2, 0) is 17.5 Å². The molecule has 0 saturated carbocycles. The van der Waals surface area contributed by atoms with Gasteiger partial charge in [0.1, 0.15) is 6.34 Å². The third kappa shape index (κ3) is 7.10. The van der Waals surface area contributed by atoms with Crippen LogP contribution < -0.4 is 16.6 Å². The van der Waals surface area contributed by atoms with Gasteiger partial charge in [-0.3, -0.25) is 9.59 Å². The van der Waals surface area contributed by atoms with E-state index in [0.29, 0.717) is 12.0 Å². The van der Waals surface area contributed by atoms with Crippen molar-refractivity contribution in [2.75, 3.05) is 0 Å². The Morgan fingerprint density at radius 2 is 1.97 bits per heavy atom. The molecule has 0 aliphatic carbocycles. The lowest BCUT2D eigenvalue weighted by molar-refractivity contribution is -0.138. The Balaban J connectivity index is 2.20. The highest BCUT2D eigenvalue weighted by Gasteiger charge is 2.31. The number of nitrogens with zero attached hydrogens (tertiary/aromatic N) is 1. The molecular formula is C21H23F3N4O3. The summed E-state index contributed by atoms with van der Waals surface area (Å²) in [4.78, 5) is 27.3. The summed E-state index contributed by atoms with van der Waals surface area (Å²) in [6.07, 6.45) is -3.03. The summed E-state index contributed by atoms with van der Waals surface area (Å²) in [6.45, 7) is 1.95. The van der Waals surface area contributed by atoms with Crippen molar-refractivity contribution < 1.29 is 27.9 Å². The number of alkyl halides is 3. The van der Waals surface area contributed by atoms with Crippen molar-refractivity contribution in [1.29, 1.82) is 0 Å². The summed E-state index contributed by atoms with van der Waals surface area (Å²) < 4.78 is 39.5. The summed E-state index contributed by atoms with van der Waals surface area (Å²) in [5.41, 5.74) is 2.32. The van der Waals surface area contributed by atoms with E-state index in [0.717, 1.165) is 24.0 Å². The van der Waals surface area contributed by atoms with Crippen LogP contribution in [0.1, 0.15) is 52.7 Å². The van der Waals surface area contributed by atoms with Crippen LogP contribution in [0.3, 0.4) is 0 Å². The molecule has 0 aliphatic heterocycles. The molecule has 0 bridgehead atoms. The Bertz CT molecular complexity index is 961.